The van der Waals surface area contributed by atoms with Crippen molar-refractivity contribution in [1.29, 1.82) is 0 Å². The van der Waals surface area contributed by atoms with Gasteiger partial charge < -0.3 is 19.4 Å². The molecule has 0 aliphatic carbocycles. The summed E-state index contributed by atoms with van der Waals surface area (Å²) in [5, 5.41) is 2.91. The van der Waals surface area contributed by atoms with Gasteiger partial charge in [-0.1, -0.05) is 0 Å². The van der Waals surface area contributed by atoms with Crippen LogP contribution in [0.2, 0.25) is 0 Å². The number of pyridine rings is 1. The van der Waals surface area contributed by atoms with Gasteiger partial charge in [0.05, 0.1) is 6.61 Å². The highest BCUT2D eigenvalue weighted by atomic mass is 16.5. The number of carbonyl (C=O) groups excluding carboxylic acids is 1. The minimum absolute atomic E-state index is 0.111. The second-order valence-corrected chi connectivity index (χ2v) is 5.93. The average molecular weight is 329 g/mol. The maximum absolute atomic E-state index is 12.2. The van der Waals surface area contributed by atoms with Gasteiger partial charge >= 0.3 is 0 Å². The Morgan fingerprint density at radius 3 is 2.92 bits per heavy atom. The first-order chi connectivity index (χ1) is 11.8. The quantitative estimate of drug-likeness (QED) is 0.845. The van der Waals surface area contributed by atoms with Crippen LogP contribution in [-0.4, -0.2) is 41.8 Å². The summed E-state index contributed by atoms with van der Waals surface area (Å²) in [5.41, 5.74) is 0.569. The fraction of sp³-hybridized carbons (Fsp3) is 0.444. The van der Waals surface area contributed by atoms with Crippen LogP contribution in [0.25, 0.3) is 0 Å². The summed E-state index contributed by atoms with van der Waals surface area (Å²) < 4.78 is 13.1. The molecule has 2 aromatic heterocycles. The Morgan fingerprint density at radius 1 is 1.33 bits per heavy atom. The molecule has 128 valence electrons. The Kier molecular flexibility index (Phi) is 5.85. The molecule has 0 spiro atoms. The van der Waals surface area contributed by atoms with Crippen molar-refractivity contribution >= 4 is 5.91 Å². The molecule has 1 aliphatic rings. The highest BCUT2D eigenvalue weighted by Crippen LogP contribution is 2.17. The summed E-state index contributed by atoms with van der Waals surface area (Å²) in [6, 6.07) is 7.33. The molecule has 0 unspecified atom stereocenters. The SMILES string of the molecule is O=C(NCCn1cccc1)c1ccnc(OCC2CCOCC2)c1. The van der Waals surface area contributed by atoms with Crippen molar-refractivity contribution in [3.05, 3.63) is 48.4 Å². The molecular weight excluding hydrogens is 306 g/mol. The first kappa shape index (κ1) is 16.5. The largest absolute Gasteiger partial charge is 0.477 e. The van der Waals surface area contributed by atoms with E-state index in [-0.39, 0.29) is 5.91 Å². The predicted molar refractivity (Wildman–Crippen MR) is 90.0 cm³/mol. The Bertz CT molecular complexity index is 637. The zero-order valence-corrected chi connectivity index (χ0v) is 13.7. The van der Waals surface area contributed by atoms with Crippen molar-refractivity contribution in [2.75, 3.05) is 26.4 Å². The molecule has 1 fully saturated rings. The van der Waals surface area contributed by atoms with Gasteiger partial charge in [0.15, 0.2) is 0 Å². The molecule has 3 rings (SSSR count). The van der Waals surface area contributed by atoms with Crippen molar-refractivity contribution in [1.82, 2.24) is 14.9 Å². The van der Waals surface area contributed by atoms with Crippen molar-refractivity contribution in [3.63, 3.8) is 0 Å². The number of ether oxygens (including phenoxy) is 2. The number of hydrogen-bond acceptors (Lipinski definition) is 4. The van der Waals surface area contributed by atoms with E-state index in [1.807, 2.05) is 29.1 Å². The summed E-state index contributed by atoms with van der Waals surface area (Å²) >= 11 is 0. The van der Waals surface area contributed by atoms with Gasteiger partial charge in [-0.3, -0.25) is 4.79 Å². The number of nitrogens with zero attached hydrogens (tertiary/aromatic N) is 2. The molecule has 2 aromatic rings. The molecular formula is C18H23N3O3. The van der Waals surface area contributed by atoms with E-state index >= 15 is 0 Å². The second-order valence-electron chi connectivity index (χ2n) is 5.93. The molecule has 3 heterocycles. The molecule has 0 bridgehead atoms. The topological polar surface area (TPSA) is 65.4 Å². The van der Waals surface area contributed by atoms with Gasteiger partial charge in [0, 0.05) is 56.5 Å². The van der Waals surface area contributed by atoms with E-state index in [2.05, 4.69) is 10.3 Å². The Hall–Kier alpha value is -2.34. The molecule has 1 amide bonds. The normalized spacial score (nSPS) is 15.2. The Morgan fingerprint density at radius 2 is 2.12 bits per heavy atom. The van der Waals surface area contributed by atoms with E-state index in [0.717, 1.165) is 32.6 Å². The maximum Gasteiger partial charge on any atom is 0.251 e. The van der Waals surface area contributed by atoms with Crippen molar-refractivity contribution < 1.29 is 14.3 Å². The van der Waals surface area contributed by atoms with Crippen LogP contribution in [0.15, 0.2) is 42.9 Å². The summed E-state index contributed by atoms with van der Waals surface area (Å²) in [5.74, 6) is 0.889. The van der Waals surface area contributed by atoms with Gasteiger partial charge in [-0.15, -0.1) is 0 Å². The van der Waals surface area contributed by atoms with Crippen LogP contribution in [0.3, 0.4) is 0 Å². The third-order valence-electron chi connectivity index (χ3n) is 4.13. The van der Waals surface area contributed by atoms with Crippen LogP contribution in [0.4, 0.5) is 0 Å². The van der Waals surface area contributed by atoms with E-state index in [9.17, 15) is 4.79 Å². The fourth-order valence-electron chi connectivity index (χ4n) is 2.67. The maximum atomic E-state index is 12.2. The van der Waals surface area contributed by atoms with Crippen LogP contribution >= 0.6 is 0 Å². The lowest BCUT2D eigenvalue weighted by molar-refractivity contribution is 0.0490. The number of hydrogen-bond donors (Lipinski definition) is 1. The van der Waals surface area contributed by atoms with Crippen molar-refractivity contribution in [2.24, 2.45) is 5.92 Å². The number of aromatic nitrogens is 2. The smallest absolute Gasteiger partial charge is 0.251 e. The summed E-state index contributed by atoms with van der Waals surface area (Å²) in [6.45, 7) is 3.54. The standard InChI is InChI=1S/C18H23N3O3/c22-18(20-7-10-21-8-1-2-9-21)16-3-6-19-17(13-16)24-14-15-4-11-23-12-5-15/h1-3,6,8-9,13,15H,4-5,7,10-12,14H2,(H,20,22). The first-order valence-electron chi connectivity index (χ1n) is 8.37. The van der Waals surface area contributed by atoms with Gasteiger partial charge in [-0.05, 0) is 37.0 Å². The third kappa shape index (κ3) is 4.83. The van der Waals surface area contributed by atoms with Crippen molar-refractivity contribution in [2.45, 2.75) is 19.4 Å². The molecule has 6 nitrogen and oxygen atoms in total. The average Bonchev–Trinajstić information content (AvgIpc) is 3.14. The first-order valence-corrected chi connectivity index (χ1v) is 8.37. The molecule has 1 N–H and O–H groups in total. The zero-order chi connectivity index (χ0) is 16.6. The third-order valence-corrected chi connectivity index (χ3v) is 4.13. The van der Waals surface area contributed by atoms with Crippen LogP contribution in [0.5, 0.6) is 5.88 Å². The molecule has 24 heavy (non-hydrogen) atoms. The summed E-state index contributed by atoms with van der Waals surface area (Å²) in [7, 11) is 0. The van der Waals surface area contributed by atoms with Gasteiger partial charge in [0.25, 0.3) is 5.91 Å². The van der Waals surface area contributed by atoms with E-state index < -0.39 is 0 Å². The lowest BCUT2D eigenvalue weighted by Gasteiger charge is -2.21. The molecule has 1 aliphatic heterocycles. The zero-order valence-electron chi connectivity index (χ0n) is 13.7. The highest BCUT2D eigenvalue weighted by molar-refractivity contribution is 5.94. The van der Waals surface area contributed by atoms with Crippen LogP contribution in [0.1, 0.15) is 23.2 Å². The van der Waals surface area contributed by atoms with Gasteiger partial charge in [-0.2, -0.15) is 0 Å². The molecule has 0 saturated carbocycles. The Balaban J connectivity index is 1.47. The molecule has 0 aromatic carbocycles. The molecule has 0 radical (unpaired) electrons. The lowest BCUT2D eigenvalue weighted by Crippen LogP contribution is -2.27. The monoisotopic (exact) mass is 329 g/mol. The van der Waals surface area contributed by atoms with Gasteiger partial charge in [0.2, 0.25) is 5.88 Å². The number of carbonyl (C=O) groups is 1. The van der Waals surface area contributed by atoms with Crippen LogP contribution in [-0.2, 0) is 11.3 Å². The van der Waals surface area contributed by atoms with Crippen LogP contribution in [0, 0.1) is 5.92 Å². The minimum Gasteiger partial charge on any atom is -0.477 e. The van der Waals surface area contributed by atoms with Crippen molar-refractivity contribution in [3.8, 4) is 5.88 Å². The van der Waals surface area contributed by atoms with E-state index in [4.69, 9.17) is 9.47 Å². The van der Waals surface area contributed by atoms with E-state index in [0.29, 0.717) is 30.5 Å². The summed E-state index contributed by atoms with van der Waals surface area (Å²) in [6.07, 6.45) is 7.58. The highest BCUT2D eigenvalue weighted by Gasteiger charge is 2.15. The predicted octanol–water partition coefficient (Wildman–Crippen LogP) is 2.12. The molecule has 0 atom stereocenters. The second kappa shape index (κ2) is 8.49. The van der Waals surface area contributed by atoms with Gasteiger partial charge in [-0.25, -0.2) is 4.98 Å². The number of amides is 1. The van der Waals surface area contributed by atoms with Crippen LogP contribution < -0.4 is 10.1 Å². The minimum atomic E-state index is -0.111. The van der Waals surface area contributed by atoms with E-state index in [1.165, 1.54) is 0 Å². The number of rotatable bonds is 7. The molecule has 6 heteroatoms. The number of nitrogens with one attached hydrogen (secondary N) is 1. The van der Waals surface area contributed by atoms with E-state index in [1.54, 1.807) is 18.3 Å². The lowest BCUT2D eigenvalue weighted by atomic mass is 10.0. The summed E-state index contributed by atoms with van der Waals surface area (Å²) in [4.78, 5) is 16.4. The van der Waals surface area contributed by atoms with Gasteiger partial charge in [0.1, 0.15) is 0 Å². The Labute approximate surface area is 141 Å². The molecule has 1 saturated heterocycles. The fourth-order valence-corrected chi connectivity index (χ4v) is 2.67.